The minimum absolute atomic E-state index is 0.133. The van der Waals surface area contributed by atoms with Crippen LogP contribution in [0.5, 0.6) is 0 Å². The van der Waals surface area contributed by atoms with Gasteiger partial charge in [-0.25, -0.2) is 8.78 Å². The minimum atomic E-state index is -0.239. The first-order chi connectivity index (χ1) is 16.2. The third-order valence-corrected chi connectivity index (χ3v) is 4.15. The maximum absolute atomic E-state index is 13.8. The Hall–Kier alpha value is -2.59. The number of aliphatic imine (C=N–C) groups is 1. The highest BCUT2D eigenvalue weighted by molar-refractivity contribution is 5.84. The molecule has 0 aromatic heterocycles. The molecule has 0 aliphatic carbocycles. The van der Waals surface area contributed by atoms with E-state index in [9.17, 15) is 8.78 Å². The van der Waals surface area contributed by atoms with E-state index in [0.29, 0.717) is 5.57 Å². The van der Waals surface area contributed by atoms with Crippen molar-refractivity contribution in [1.29, 1.82) is 0 Å². The molecule has 0 atom stereocenters. The number of unbranched alkanes of at least 4 members (excludes halogenated alkanes) is 1. The number of rotatable bonds is 9. The first kappa shape index (κ1) is 36.0. The number of aryl methyl sites for hydroxylation is 1. The van der Waals surface area contributed by atoms with Crippen molar-refractivity contribution in [3.05, 3.63) is 95.7 Å². The number of benzene rings is 1. The molecule has 0 aliphatic heterocycles. The van der Waals surface area contributed by atoms with Crippen molar-refractivity contribution in [2.24, 2.45) is 10.7 Å². The Labute approximate surface area is 208 Å². The Bertz CT molecular complexity index is 770. The van der Waals surface area contributed by atoms with Crippen LogP contribution in [0.3, 0.4) is 0 Å². The summed E-state index contributed by atoms with van der Waals surface area (Å²) in [4.78, 5) is 3.92. The van der Waals surface area contributed by atoms with Crippen molar-refractivity contribution in [2.75, 3.05) is 13.6 Å². The summed E-state index contributed by atoms with van der Waals surface area (Å²) in [6.45, 7) is 19.5. The van der Waals surface area contributed by atoms with Gasteiger partial charge in [0.15, 0.2) is 0 Å². The number of halogens is 2. The number of nitrogens with two attached hydrogens (primary N) is 1. The van der Waals surface area contributed by atoms with E-state index in [0.717, 1.165) is 42.5 Å². The van der Waals surface area contributed by atoms with Crippen LogP contribution in [-0.4, -0.2) is 19.8 Å². The van der Waals surface area contributed by atoms with Gasteiger partial charge in [0.25, 0.3) is 0 Å². The van der Waals surface area contributed by atoms with Crippen LogP contribution in [0.1, 0.15) is 72.8 Å². The van der Waals surface area contributed by atoms with Gasteiger partial charge in [-0.2, -0.15) is 0 Å². The van der Waals surface area contributed by atoms with E-state index in [-0.39, 0.29) is 11.6 Å². The fourth-order valence-electron chi connectivity index (χ4n) is 2.35. The van der Waals surface area contributed by atoms with Crippen molar-refractivity contribution in [3.8, 4) is 0 Å². The second kappa shape index (κ2) is 26.7. The average molecular weight is 475 g/mol. The lowest BCUT2D eigenvalue weighted by molar-refractivity contribution is 0.625. The SMILES string of the molecule is C=CC.C=C\C(C)=C/C(F)=C(C)/C(C=NC)=C/CC.CCCCN.CCCc1cccc(F)c1. The summed E-state index contributed by atoms with van der Waals surface area (Å²) in [6.07, 6.45) is 13.8. The highest BCUT2D eigenvalue weighted by Gasteiger charge is 2.03. The second-order valence-electron chi connectivity index (χ2n) is 7.45. The molecule has 34 heavy (non-hydrogen) atoms. The molecule has 0 bridgehead atoms. The third-order valence-electron chi connectivity index (χ3n) is 4.15. The van der Waals surface area contributed by atoms with Crippen LogP contribution in [0.25, 0.3) is 0 Å². The maximum atomic E-state index is 13.8. The standard InChI is InChI=1S/C14H20FN.C9H11F.C4H11N.C3H6/c1-6-8-13(10-16-5)12(4)14(15)9-11(3)7-2;1-2-4-8-5-3-6-9(10)7-8;1-2-3-4-5;1-3-2/h7-10H,2,6H2,1,3-5H3;3,5-7H,2,4H2,1H3;2-5H2,1H3;3H,1H2,2H3/b11-9-,13-8+,14-12-,16-10?;;;. The van der Waals surface area contributed by atoms with Crippen LogP contribution in [-0.2, 0) is 6.42 Å². The molecule has 2 nitrogen and oxygen atoms in total. The van der Waals surface area contributed by atoms with Gasteiger partial charge in [0.2, 0.25) is 0 Å². The van der Waals surface area contributed by atoms with Crippen LogP contribution in [0.4, 0.5) is 8.78 Å². The molecule has 1 aromatic rings. The van der Waals surface area contributed by atoms with Gasteiger partial charge in [0.1, 0.15) is 11.6 Å². The second-order valence-corrected chi connectivity index (χ2v) is 7.45. The van der Waals surface area contributed by atoms with Crippen molar-refractivity contribution in [3.63, 3.8) is 0 Å². The van der Waals surface area contributed by atoms with Gasteiger partial charge in [-0.05, 0) is 87.1 Å². The predicted molar refractivity (Wildman–Crippen MR) is 151 cm³/mol. The van der Waals surface area contributed by atoms with Gasteiger partial charge in [-0.15, -0.1) is 6.58 Å². The highest BCUT2D eigenvalue weighted by atomic mass is 19.1. The first-order valence-electron chi connectivity index (χ1n) is 12.0. The largest absolute Gasteiger partial charge is 0.330 e. The lowest BCUT2D eigenvalue weighted by Crippen LogP contribution is -1.95. The zero-order valence-corrected chi connectivity index (χ0v) is 22.6. The fraction of sp³-hybridized carbons (Fsp3) is 0.433. The Morgan fingerprint density at radius 3 is 2.12 bits per heavy atom. The maximum Gasteiger partial charge on any atom is 0.127 e. The zero-order chi connectivity index (χ0) is 26.8. The molecule has 192 valence electrons. The van der Waals surface area contributed by atoms with E-state index < -0.39 is 0 Å². The van der Waals surface area contributed by atoms with Gasteiger partial charge in [-0.3, -0.25) is 4.99 Å². The van der Waals surface area contributed by atoms with Gasteiger partial charge < -0.3 is 5.73 Å². The molecule has 0 unspecified atom stereocenters. The van der Waals surface area contributed by atoms with E-state index >= 15 is 0 Å². The number of hydrogen-bond donors (Lipinski definition) is 1. The van der Waals surface area contributed by atoms with E-state index in [4.69, 9.17) is 5.73 Å². The van der Waals surface area contributed by atoms with Gasteiger partial charge in [0.05, 0.1) is 0 Å². The molecule has 2 N–H and O–H groups in total. The molecule has 0 amide bonds. The average Bonchev–Trinajstić information content (AvgIpc) is 2.80. The summed E-state index contributed by atoms with van der Waals surface area (Å²) in [6, 6.07) is 6.76. The van der Waals surface area contributed by atoms with E-state index in [2.05, 4.69) is 32.0 Å². The molecule has 0 saturated carbocycles. The molecular weight excluding hydrogens is 426 g/mol. The first-order valence-corrected chi connectivity index (χ1v) is 12.0. The van der Waals surface area contributed by atoms with Crippen LogP contribution in [0, 0.1) is 5.82 Å². The van der Waals surface area contributed by atoms with Crippen molar-refractivity contribution in [1.82, 2.24) is 0 Å². The molecule has 0 heterocycles. The number of nitrogens with zero attached hydrogens (tertiary/aromatic N) is 1. The lowest BCUT2D eigenvalue weighted by atomic mass is 10.1. The monoisotopic (exact) mass is 474 g/mol. The lowest BCUT2D eigenvalue weighted by Gasteiger charge is -2.03. The Kier molecular flexibility index (Phi) is 28.2. The summed E-state index contributed by atoms with van der Waals surface area (Å²) in [5.41, 5.74) is 8.47. The molecule has 1 rings (SSSR count). The summed E-state index contributed by atoms with van der Waals surface area (Å²) >= 11 is 0. The van der Waals surface area contributed by atoms with E-state index in [1.807, 2.05) is 32.9 Å². The fourth-order valence-corrected chi connectivity index (χ4v) is 2.35. The quantitative estimate of drug-likeness (QED) is 0.216. The number of hydrogen-bond acceptors (Lipinski definition) is 2. The third kappa shape index (κ3) is 22.6. The van der Waals surface area contributed by atoms with Crippen molar-refractivity contribution in [2.45, 2.75) is 73.6 Å². The molecule has 0 radical (unpaired) electrons. The molecule has 4 heteroatoms. The van der Waals surface area contributed by atoms with Crippen LogP contribution in [0.2, 0.25) is 0 Å². The van der Waals surface area contributed by atoms with Crippen molar-refractivity contribution >= 4 is 6.21 Å². The molecule has 0 aliphatic rings. The minimum Gasteiger partial charge on any atom is -0.330 e. The molecular formula is C30H48F2N2. The van der Waals surface area contributed by atoms with Crippen LogP contribution < -0.4 is 5.73 Å². The van der Waals surface area contributed by atoms with Crippen LogP contribution >= 0.6 is 0 Å². The van der Waals surface area contributed by atoms with E-state index in [1.54, 1.807) is 44.5 Å². The Balaban J connectivity index is -0.000000450. The van der Waals surface area contributed by atoms with Gasteiger partial charge in [0, 0.05) is 13.3 Å². The predicted octanol–water partition coefficient (Wildman–Crippen LogP) is 9.11. The summed E-state index contributed by atoms with van der Waals surface area (Å²) in [5, 5.41) is 0. The Morgan fingerprint density at radius 1 is 1.12 bits per heavy atom. The molecule has 0 spiro atoms. The molecule has 1 aromatic carbocycles. The molecule has 0 saturated heterocycles. The highest BCUT2D eigenvalue weighted by Crippen LogP contribution is 2.17. The van der Waals surface area contributed by atoms with Gasteiger partial charge in [-0.1, -0.05) is 70.6 Å². The number of allylic oxidation sites excluding steroid dienone is 8. The smallest absolute Gasteiger partial charge is 0.127 e. The zero-order valence-electron chi connectivity index (χ0n) is 22.6. The Morgan fingerprint density at radius 2 is 1.74 bits per heavy atom. The summed E-state index contributed by atoms with van der Waals surface area (Å²) < 4.78 is 26.3. The van der Waals surface area contributed by atoms with Crippen molar-refractivity contribution < 1.29 is 8.78 Å². The summed E-state index contributed by atoms with van der Waals surface area (Å²) in [5.74, 6) is -0.372. The topological polar surface area (TPSA) is 38.4 Å². The van der Waals surface area contributed by atoms with Crippen LogP contribution in [0.15, 0.2) is 89.3 Å². The van der Waals surface area contributed by atoms with E-state index in [1.165, 1.54) is 25.0 Å². The normalized spacial score (nSPS) is 11.7. The summed E-state index contributed by atoms with van der Waals surface area (Å²) in [7, 11) is 1.68. The van der Waals surface area contributed by atoms with Gasteiger partial charge >= 0.3 is 0 Å². The molecule has 0 fully saturated rings.